The van der Waals surface area contributed by atoms with Crippen molar-refractivity contribution in [3.8, 4) is 29.3 Å². The molecular weight excluding hydrogens is 1210 g/mol. The number of aromatic nitrogens is 6. The molecule has 0 aliphatic carbocycles. The average Bonchev–Trinajstić information content (AvgIpc) is 3.61. The predicted octanol–water partition coefficient (Wildman–Crippen LogP) is 7.73. The summed E-state index contributed by atoms with van der Waals surface area (Å²) in [7, 11) is -1.99. The van der Waals surface area contributed by atoms with Gasteiger partial charge in [-0.1, -0.05) is 41.4 Å². The Bertz CT molecular complexity index is 3570. The van der Waals surface area contributed by atoms with E-state index in [0.717, 1.165) is 31.2 Å². The number of carboxylic acid groups (broad SMARTS) is 1. The number of pyridine rings is 1. The molecule has 5 N–H and O–H groups in total. The number of hydrogen-bond acceptors (Lipinski definition) is 20. The number of alkyl halides is 6. The van der Waals surface area contributed by atoms with Crippen molar-refractivity contribution in [2.24, 2.45) is 0 Å². The Labute approximate surface area is 477 Å². The van der Waals surface area contributed by atoms with Crippen LogP contribution in [-0.4, -0.2) is 134 Å². The number of rotatable bonds is 17. The first-order valence-corrected chi connectivity index (χ1v) is 26.4. The number of esters is 1. The molecule has 0 unspecified atom stereocenters. The van der Waals surface area contributed by atoms with E-state index in [1.165, 1.54) is 102 Å². The van der Waals surface area contributed by atoms with Crippen LogP contribution < -0.4 is 39.0 Å². The van der Waals surface area contributed by atoms with E-state index in [1.54, 1.807) is 9.44 Å². The Morgan fingerprint density at radius 2 is 1.31 bits per heavy atom. The molecule has 0 aliphatic rings. The number of carbonyl (C=O) groups excluding carboxylic acids is 4. The summed E-state index contributed by atoms with van der Waals surface area (Å²) in [5.74, 6) is -3.10. The highest BCUT2D eigenvalue weighted by atomic mass is 35.5. The topological polar surface area (TPSA) is 349 Å². The monoisotopic (exact) mass is 1250 g/mol. The molecule has 3 aromatic heterocycles. The molecule has 83 heavy (non-hydrogen) atoms. The second-order valence-electron chi connectivity index (χ2n) is 16.1. The van der Waals surface area contributed by atoms with Gasteiger partial charge in [-0.2, -0.15) is 59.7 Å². The predicted molar refractivity (Wildman–Crippen MR) is 278 cm³/mol. The molecule has 3 heterocycles. The summed E-state index contributed by atoms with van der Waals surface area (Å²) in [5, 5.41) is 12.1. The molecule has 5 amide bonds. The summed E-state index contributed by atoms with van der Waals surface area (Å²) in [6.07, 6.45) is -11.0. The van der Waals surface area contributed by atoms with Gasteiger partial charge in [-0.3, -0.25) is 15.4 Å². The van der Waals surface area contributed by atoms with Gasteiger partial charge in [0.05, 0.1) is 59.0 Å². The van der Waals surface area contributed by atoms with Crippen LogP contribution in [-0.2, 0) is 42.2 Å². The first-order valence-electron chi connectivity index (χ1n) is 22.7. The molecule has 3 aromatic carbocycles. The number of hydrogen-bond donors (Lipinski definition) is 5. The number of sulfonamides is 2. The SMILES string of the molecule is COc1cc(OC)nc(NC(=O)NS(=O)(=O)c2ncccc2C(=O)N(C)C)n1.COc1nc(C)nc(NC(=O)NS(=O)(=O)c2ccccc2CCC(F)(F)F)n1.C[C@H](OC(=O)c1cc(Oc2ccc(C(F)(F)F)cc2Cl)ccc1Cl)C(=O)O. The molecule has 0 saturated carbocycles. The van der Waals surface area contributed by atoms with Crippen LogP contribution in [0.2, 0.25) is 10.0 Å². The number of aliphatic carboxylic acids is 1. The third-order valence-electron chi connectivity index (χ3n) is 9.79. The minimum atomic E-state index is -4.56. The Balaban J connectivity index is 0.000000267. The third-order valence-corrected chi connectivity index (χ3v) is 13.1. The highest BCUT2D eigenvalue weighted by Gasteiger charge is 2.32. The fourth-order valence-electron chi connectivity index (χ4n) is 6.02. The van der Waals surface area contributed by atoms with Crippen LogP contribution in [0.4, 0.5) is 47.8 Å². The number of carboxylic acids is 1. The van der Waals surface area contributed by atoms with Crippen molar-refractivity contribution in [1.82, 2.24) is 44.2 Å². The number of anilines is 2. The van der Waals surface area contributed by atoms with Crippen LogP contribution >= 0.6 is 23.2 Å². The van der Waals surface area contributed by atoms with E-state index in [2.05, 4.69) is 40.5 Å². The molecule has 0 spiro atoms. The summed E-state index contributed by atoms with van der Waals surface area (Å²) in [6, 6.07) is 13.0. The number of nitrogens with one attached hydrogen (secondary N) is 4. The highest BCUT2D eigenvalue weighted by molar-refractivity contribution is 7.90. The maximum Gasteiger partial charge on any atom is 0.416 e. The van der Waals surface area contributed by atoms with Crippen LogP contribution in [0.25, 0.3) is 0 Å². The van der Waals surface area contributed by atoms with Crippen molar-refractivity contribution < 1.29 is 95.9 Å². The smallest absolute Gasteiger partial charge is 0.416 e. The van der Waals surface area contributed by atoms with E-state index in [0.29, 0.717) is 6.07 Å². The number of halogens is 8. The molecule has 0 radical (unpaired) electrons. The number of amides is 5. The molecule has 26 nitrogen and oxygen atoms in total. The molecule has 0 bridgehead atoms. The molecule has 446 valence electrons. The lowest BCUT2D eigenvalue weighted by Crippen LogP contribution is -2.36. The second-order valence-corrected chi connectivity index (χ2v) is 20.2. The summed E-state index contributed by atoms with van der Waals surface area (Å²) in [5.41, 5.74) is -1.38. The van der Waals surface area contributed by atoms with Crippen molar-refractivity contribution in [3.05, 3.63) is 123 Å². The summed E-state index contributed by atoms with van der Waals surface area (Å²) >= 11 is 11.7. The standard InChI is InChI=1S/C17H11Cl2F3O5.C15H16F3N5O4S.C15H18N6O6S/c1-8(15(23)24)26-16(25)11-7-10(3-4-12(11)18)27-14-5-2-9(6-13(14)19)17(20,21)22;1-9-19-12(22-14(20-9)27-2)21-13(24)23-28(25,26)11-6-4-3-5-10(11)7-8-15(16,17)18;1-21(2)13(22)9-6-5-7-16-12(9)28(24,25)20-15(23)19-14-17-10(26-3)8-11(18-14)27-4/h2-8H,1H3,(H,23,24);3-6H,7-8H2,1-2H3,(H2,19,20,21,22,23,24);5-8H,1-4H3,(H2,17,18,19,20,23)/t8-;;/m0../s1. The third kappa shape index (κ3) is 20.3. The molecule has 6 aromatic rings. The van der Waals surface area contributed by atoms with Crippen LogP contribution in [0.5, 0.6) is 29.3 Å². The Morgan fingerprint density at radius 1 is 0.711 bits per heavy atom. The lowest BCUT2D eigenvalue weighted by atomic mass is 10.1. The summed E-state index contributed by atoms with van der Waals surface area (Å²) in [6.45, 7) is 2.66. The van der Waals surface area contributed by atoms with Crippen molar-refractivity contribution in [2.45, 2.75) is 55.1 Å². The van der Waals surface area contributed by atoms with Gasteiger partial charge in [-0.25, -0.2) is 42.0 Å². The highest BCUT2D eigenvalue weighted by Crippen LogP contribution is 2.37. The fraction of sp³-hybridized carbons (Fsp3) is 0.255. The van der Waals surface area contributed by atoms with Gasteiger partial charge >= 0.3 is 42.4 Å². The van der Waals surface area contributed by atoms with E-state index >= 15 is 0 Å². The lowest BCUT2D eigenvalue weighted by molar-refractivity contribution is -0.146. The van der Waals surface area contributed by atoms with E-state index in [1.807, 2.05) is 0 Å². The summed E-state index contributed by atoms with van der Waals surface area (Å²) in [4.78, 5) is 82.6. The Hall–Kier alpha value is -8.89. The van der Waals surface area contributed by atoms with Gasteiger partial charge in [0.25, 0.3) is 26.0 Å². The molecule has 0 saturated heterocycles. The first kappa shape index (κ1) is 66.6. The zero-order valence-corrected chi connectivity index (χ0v) is 46.9. The molecule has 36 heteroatoms. The zero-order chi connectivity index (χ0) is 62.2. The van der Waals surface area contributed by atoms with Gasteiger partial charge in [0.2, 0.25) is 23.7 Å². The Morgan fingerprint density at radius 3 is 1.87 bits per heavy atom. The van der Waals surface area contributed by atoms with Crippen molar-refractivity contribution in [2.75, 3.05) is 46.1 Å². The number of nitrogens with zero attached hydrogens (tertiary/aromatic N) is 7. The lowest BCUT2D eigenvalue weighted by Gasteiger charge is -2.14. The van der Waals surface area contributed by atoms with Crippen LogP contribution in [0.3, 0.4) is 0 Å². The number of methoxy groups -OCH3 is 3. The van der Waals surface area contributed by atoms with Crippen molar-refractivity contribution in [3.63, 3.8) is 0 Å². The number of benzene rings is 3. The fourth-order valence-corrected chi connectivity index (χ4v) is 8.65. The van der Waals surface area contributed by atoms with Gasteiger partial charge in [-0.05, 0) is 80.4 Å². The maximum atomic E-state index is 12.7. The van der Waals surface area contributed by atoms with E-state index in [9.17, 15) is 67.2 Å². The maximum absolute atomic E-state index is 12.7. The van der Waals surface area contributed by atoms with E-state index in [-0.39, 0.29) is 73.7 Å². The normalized spacial score (nSPS) is 11.6. The minimum Gasteiger partial charge on any atom is -0.481 e. The zero-order valence-electron chi connectivity index (χ0n) is 43.7. The van der Waals surface area contributed by atoms with Gasteiger partial charge in [0.15, 0.2) is 11.1 Å². The van der Waals surface area contributed by atoms with Gasteiger partial charge in [0, 0.05) is 26.7 Å². The van der Waals surface area contributed by atoms with Crippen molar-refractivity contribution >= 4 is 85.1 Å². The van der Waals surface area contributed by atoms with Crippen LogP contribution in [0.1, 0.15) is 51.0 Å². The molecule has 1 atom stereocenters. The molecule has 6 rings (SSSR count). The number of carbonyl (C=O) groups is 5. The van der Waals surface area contributed by atoms with Gasteiger partial charge in [-0.15, -0.1) is 0 Å². The van der Waals surface area contributed by atoms with Crippen LogP contribution in [0, 0.1) is 6.92 Å². The first-order chi connectivity index (χ1) is 38.7. The van der Waals surface area contributed by atoms with E-state index in [4.69, 9.17) is 52.0 Å². The number of aryl methyl sites for hydroxylation is 2. The molecule has 0 aliphatic heterocycles. The van der Waals surface area contributed by atoms with Gasteiger partial charge < -0.3 is 33.7 Å². The second kappa shape index (κ2) is 28.7. The van der Waals surface area contributed by atoms with E-state index < -0.39 is 96.7 Å². The average molecular weight is 1250 g/mol. The van der Waals surface area contributed by atoms with Crippen molar-refractivity contribution in [1.29, 1.82) is 0 Å². The summed E-state index contributed by atoms with van der Waals surface area (Å²) < 4.78 is 154. The number of ether oxygens (including phenoxy) is 5. The molecule has 0 fully saturated rings. The molecular formula is C47H45Cl2F6N11O15S2. The van der Waals surface area contributed by atoms with Crippen LogP contribution in [0.15, 0.2) is 95.0 Å². The minimum absolute atomic E-state index is 0.0246. The Kier molecular flexibility index (Phi) is 23.0. The largest absolute Gasteiger partial charge is 0.481 e. The quantitative estimate of drug-likeness (QED) is 0.0430. The van der Waals surface area contributed by atoms with Gasteiger partial charge in [0.1, 0.15) is 17.3 Å². The number of urea groups is 2.